The van der Waals surface area contributed by atoms with Crippen LogP contribution in [0.3, 0.4) is 0 Å². The van der Waals surface area contributed by atoms with Gasteiger partial charge in [-0.1, -0.05) is 59.7 Å². The van der Waals surface area contributed by atoms with Crippen molar-refractivity contribution in [2.75, 3.05) is 0 Å². The van der Waals surface area contributed by atoms with Crippen molar-refractivity contribution in [3.8, 4) is 0 Å². The predicted molar refractivity (Wildman–Crippen MR) is 111 cm³/mol. The summed E-state index contributed by atoms with van der Waals surface area (Å²) < 4.78 is 0. The van der Waals surface area contributed by atoms with Crippen LogP contribution in [-0.2, 0) is 13.1 Å². The van der Waals surface area contributed by atoms with Crippen molar-refractivity contribution in [3.63, 3.8) is 0 Å². The second-order valence-electron chi connectivity index (χ2n) is 6.92. The molecular formula is C24H24N2O2. The van der Waals surface area contributed by atoms with Crippen LogP contribution in [-0.4, -0.2) is 11.8 Å². The first-order valence-electron chi connectivity index (χ1n) is 9.29. The van der Waals surface area contributed by atoms with E-state index in [1.165, 1.54) is 0 Å². The van der Waals surface area contributed by atoms with Gasteiger partial charge in [-0.2, -0.15) is 0 Å². The second kappa shape index (κ2) is 9.00. The maximum Gasteiger partial charge on any atom is 0.251 e. The van der Waals surface area contributed by atoms with Crippen LogP contribution in [0.25, 0.3) is 0 Å². The molecule has 0 spiro atoms. The normalized spacial score (nSPS) is 10.4. The largest absolute Gasteiger partial charge is 0.348 e. The lowest BCUT2D eigenvalue weighted by molar-refractivity contribution is 0.0939. The maximum atomic E-state index is 12.3. The van der Waals surface area contributed by atoms with E-state index < -0.39 is 0 Å². The van der Waals surface area contributed by atoms with Gasteiger partial charge in [-0.15, -0.1) is 0 Å². The van der Waals surface area contributed by atoms with Gasteiger partial charge in [0.2, 0.25) is 0 Å². The fourth-order valence-electron chi connectivity index (χ4n) is 2.99. The Labute approximate surface area is 165 Å². The number of nitrogens with one attached hydrogen (secondary N) is 2. The van der Waals surface area contributed by atoms with Crippen molar-refractivity contribution in [1.82, 2.24) is 10.6 Å². The van der Waals surface area contributed by atoms with Gasteiger partial charge in [-0.25, -0.2) is 0 Å². The Balaban J connectivity index is 1.54. The zero-order valence-electron chi connectivity index (χ0n) is 16.2. The molecule has 0 atom stereocenters. The van der Waals surface area contributed by atoms with Gasteiger partial charge in [0.15, 0.2) is 0 Å². The predicted octanol–water partition coefficient (Wildman–Crippen LogP) is 4.16. The highest BCUT2D eigenvalue weighted by Gasteiger charge is 2.09. The number of amides is 2. The molecule has 28 heavy (non-hydrogen) atoms. The number of benzene rings is 3. The van der Waals surface area contributed by atoms with Crippen LogP contribution in [0.15, 0.2) is 72.8 Å². The number of carbonyl (C=O) groups is 2. The Morgan fingerprint density at radius 2 is 1.04 bits per heavy atom. The second-order valence-corrected chi connectivity index (χ2v) is 6.92. The Morgan fingerprint density at radius 1 is 0.643 bits per heavy atom. The van der Waals surface area contributed by atoms with Crippen molar-refractivity contribution in [2.24, 2.45) is 0 Å². The van der Waals surface area contributed by atoms with E-state index in [-0.39, 0.29) is 11.8 Å². The van der Waals surface area contributed by atoms with Crippen LogP contribution in [0.4, 0.5) is 0 Å². The molecule has 0 saturated carbocycles. The molecule has 0 aliphatic carbocycles. The molecule has 3 rings (SSSR count). The lowest BCUT2D eigenvalue weighted by Gasteiger charge is -2.08. The average Bonchev–Trinajstić information content (AvgIpc) is 2.70. The summed E-state index contributed by atoms with van der Waals surface area (Å²) in [5.74, 6) is -0.318. The minimum absolute atomic E-state index is 0.159. The van der Waals surface area contributed by atoms with E-state index in [0.717, 1.165) is 22.3 Å². The van der Waals surface area contributed by atoms with Crippen LogP contribution >= 0.6 is 0 Å². The summed E-state index contributed by atoms with van der Waals surface area (Å²) >= 11 is 0. The summed E-state index contributed by atoms with van der Waals surface area (Å²) in [6.07, 6.45) is 0. The highest BCUT2D eigenvalue weighted by atomic mass is 16.2. The number of hydrogen-bond donors (Lipinski definition) is 2. The Bertz CT molecular complexity index is 897. The maximum absolute atomic E-state index is 12.3. The molecule has 2 amide bonds. The molecule has 0 radical (unpaired) electrons. The summed E-state index contributed by atoms with van der Waals surface area (Å²) in [7, 11) is 0. The SMILES string of the molecule is Cc1cccc(CNC(=O)c2ccc(C(=O)NCc3cccc(C)c3)cc2)c1. The van der Waals surface area contributed by atoms with Crippen molar-refractivity contribution in [3.05, 3.63) is 106 Å². The van der Waals surface area contributed by atoms with E-state index in [4.69, 9.17) is 0 Å². The molecular weight excluding hydrogens is 348 g/mol. The van der Waals surface area contributed by atoms with Crippen molar-refractivity contribution in [1.29, 1.82) is 0 Å². The minimum Gasteiger partial charge on any atom is -0.348 e. The van der Waals surface area contributed by atoms with Crippen LogP contribution in [0.2, 0.25) is 0 Å². The topological polar surface area (TPSA) is 58.2 Å². The molecule has 0 saturated heterocycles. The average molecular weight is 372 g/mol. The van der Waals surface area contributed by atoms with E-state index in [2.05, 4.69) is 10.6 Å². The molecule has 0 heterocycles. The van der Waals surface area contributed by atoms with Gasteiger partial charge in [0.1, 0.15) is 0 Å². The molecule has 0 bridgehead atoms. The molecule has 0 aromatic heterocycles. The van der Waals surface area contributed by atoms with E-state index in [9.17, 15) is 9.59 Å². The minimum atomic E-state index is -0.159. The van der Waals surface area contributed by atoms with E-state index >= 15 is 0 Å². The lowest BCUT2D eigenvalue weighted by atomic mass is 10.1. The molecule has 0 fully saturated rings. The number of rotatable bonds is 6. The summed E-state index contributed by atoms with van der Waals surface area (Å²) in [6, 6.07) is 22.7. The van der Waals surface area contributed by atoms with Gasteiger partial charge in [0.25, 0.3) is 11.8 Å². The first-order chi connectivity index (χ1) is 13.5. The first kappa shape index (κ1) is 19.4. The van der Waals surface area contributed by atoms with Gasteiger partial charge >= 0.3 is 0 Å². The van der Waals surface area contributed by atoms with E-state index in [1.54, 1.807) is 24.3 Å². The zero-order chi connectivity index (χ0) is 19.9. The molecule has 0 unspecified atom stereocenters. The molecule has 3 aromatic carbocycles. The highest BCUT2D eigenvalue weighted by Crippen LogP contribution is 2.08. The van der Waals surface area contributed by atoms with Crippen molar-refractivity contribution >= 4 is 11.8 Å². The van der Waals surface area contributed by atoms with Gasteiger partial charge in [-0.3, -0.25) is 9.59 Å². The smallest absolute Gasteiger partial charge is 0.251 e. The third kappa shape index (κ3) is 5.30. The van der Waals surface area contributed by atoms with Crippen LogP contribution in [0.1, 0.15) is 43.0 Å². The summed E-state index contributed by atoms with van der Waals surface area (Å²) in [5, 5.41) is 5.81. The zero-order valence-corrected chi connectivity index (χ0v) is 16.2. The summed E-state index contributed by atoms with van der Waals surface area (Å²) in [5.41, 5.74) is 5.49. The Morgan fingerprint density at radius 3 is 1.39 bits per heavy atom. The van der Waals surface area contributed by atoms with E-state index in [1.807, 2.05) is 62.4 Å². The van der Waals surface area contributed by atoms with Gasteiger partial charge in [-0.05, 0) is 49.2 Å². The number of hydrogen-bond acceptors (Lipinski definition) is 2. The molecule has 0 aliphatic heterocycles. The molecule has 3 aromatic rings. The highest BCUT2D eigenvalue weighted by molar-refractivity contribution is 5.97. The van der Waals surface area contributed by atoms with Gasteiger partial charge in [0.05, 0.1) is 0 Å². The monoisotopic (exact) mass is 372 g/mol. The number of aryl methyl sites for hydroxylation is 2. The Hall–Kier alpha value is -3.40. The van der Waals surface area contributed by atoms with Gasteiger partial charge in [0, 0.05) is 24.2 Å². The standard InChI is InChI=1S/C24H24N2O2/c1-17-5-3-7-19(13-17)15-25-23(27)21-9-11-22(12-10-21)24(28)26-16-20-8-4-6-18(2)14-20/h3-14H,15-16H2,1-2H3,(H,25,27)(H,26,28). The van der Waals surface area contributed by atoms with E-state index in [0.29, 0.717) is 24.2 Å². The molecule has 142 valence electrons. The van der Waals surface area contributed by atoms with Crippen LogP contribution < -0.4 is 10.6 Å². The van der Waals surface area contributed by atoms with Crippen LogP contribution in [0.5, 0.6) is 0 Å². The molecule has 0 aliphatic rings. The quantitative estimate of drug-likeness (QED) is 0.682. The third-order valence-electron chi connectivity index (χ3n) is 4.48. The molecule has 2 N–H and O–H groups in total. The fraction of sp³-hybridized carbons (Fsp3) is 0.167. The first-order valence-corrected chi connectivity index (χ1v) is 9.29. The third-order valence-corrected chi connectivity index (χ3v) is 4.48. The lowest BCUT2D eigenvalue weighted by Crippen LogP contribution is -2.24. The Kier molecular flexibility index (Phi) is 6.22. The molecule has 4 nitrogen and oxygen atoms in total. The number of carbonyl (C=O) groups excluding carboxylic acids is 2. The van der Waals surface area contributed by atoms with Crippen LogP contribution in [0, 0.1) is 13.8 Å². The van der Waals surface area contributed by atoms with Gasteiger partial charge < -0.3 is 10.6 Å². The van der Waals surface area contributed by atoms with Crippen molar-refractivity contribution in [2.45, 2.75) is 26.9 Å². The summed E-state index contributed by atoms with van der Waals surface area (Å²) in [6.45, 7) is 4.99. The molecule has 4 heteroatoms. The van der Waals surface area contributed by atoms with Crippen molar-refractivity contribution < 1.29 is 9.59 Å². The fourth-order valence-corrected chi connectivity index (χ4v) is 2.99. The summed E-state index contributed by atoms with van der Waals surface area (Å²) in [4.78, 5) is 24.6.